The highest BCUT2D eigenvalue weighted by atomic mass is 15.3. The lowest BCUT2D eigenvalue weighted by Gasteiger charge is -2.37. The molecular formula is C27H34N4. The number of hydrogen-bond donors (Lipinski definition) is 1. The molecule has 1 aliphatic heterocycles. The molecule has 0 radical (unpaired) electrons. The third kappa shape index (κ3) is 5.65. The number of rotatable bonds is 8. The van der Waals surface area contributed by atoms with E-state index >= 15 is 0 Å². The molecule has 4 rings (SSSR count). The lowest BCUT2D eigenvalue weighted by molar-refractivity contribution is 0.253. The topological polar surface area (TPSA) is 31.4 Å². The molecule has 0 saturated carbocycles. The Hall–Kier alpha value is -2.85. The maximum Gasteiger partial charge on any atom is 0.126 e. The van der Waals surface area contributed by atoms with E-state index in [0.717, 1.165) is 45.0 Å². The first-order valence-corrected chi connectivity index (χ1v) is 11.5. The van der Waals surface area contributed by atoms with Crippen LogP contribution in [0.15, 0.2) is 66.9 Å². The number of unbranched alkanes of at least 4 members (excludes halogenated alkanes) is 1. The van der Waals surface area contributed by atoms with Gasteiger partial charge in [-0.2, -0.15) is 0 Å². The maximum absolute atomic E-state index is 4.48. The van der Waals surface area contributed by atoms with Crippen LogP contribution in [0.4, 0.5) is 11.5 Å². The third-order valence-electron chi connectivity index (χ3n) is 6.36. The Morgan fingerprint density at radius 1 is 0.839 bits per heavy atom. The Balaban J connectivity index is 1.17. The molecule has 4 heteroatoms. The molecule has 4 nitrogen and oxygen atoms in total. The van der Waals surface area contributed by atoms with Gasteiger partial charge in [-0.3, -0.25) is 4.90 Å². The Kier molecular flexibility index (Phi) is 7.21. The van der Waals surface area contributed by atoms with Crippen LogP contribution in [0.3, 0.4) is 0 Å². The van der Waals surface area contributed by atoms with Gasteiger partial charge in [-0.15, -0.1) is 0 Å². The summed E-state index contributed by atoms with van der Waals surface area (Å²) in [4.78, 5) is 9.63. The van der Waals surface area contributed by atoms with E-state index in [1.165, 1.54) is 40.9 Å². The van der Waals surface area contributed by atoms with Crippen molar-refractivity contribution in [2.24, 2.45) is 0 Å². The molecule has 0 aliphatic carbocycles. The van der Waals surface area contributed by atoms with Crippen LogP contribution in [0.5, 0.6) is 0 Å². The number of piperazine rings is 1. The summed E-state index contributed by atoms with van der Waals surface area (Å²) < 4.78 is 0. The van der Waals surface area contributed by atoms with Crippen LogP contribution in [0.2, 0.25) is 0 Å². The second kappa shape index (κ2) is 10.5. The molecule has 0 atom stereocenters. The van der Waals surface area contributed by atoms with Crippen LogP contribution < -0.4 is 10.2 Å². The fourth-order valence-corrected chi connectivity index (χ4v) is 4.30. The monoisotopic (exact) mass is 414 g/mol. The highest BCUT2D eigenvalue weighted by molar-refractivity contribution is 5.66. The van der Waals surface area contributed by atoms with Crippen LogP contribution in [0.1, 0.15) is 24.0 Å². The summed E-state index contributed by atoms with van der Waals surface area (Å²) >= 11 is 0. The van der Waals surface area contributed by atoms with Gasteiger partial charge in [0, 0.05) is 44.6 Å². The van der Waals surface area contributed by atoms with Crippen molar-refractivity contribution in [3.8, 4) is 11.1 Å². The SMILES string of the molecule is Cc1cccc(N2CCN(CCCCNc3cc(-c4ccccc4)ccn3)CC2)c1C. The van der Waals surface area contributed by atoms with Gasteiger partial charge >= 0.3 is 0 Å². The lowest BCUT2D eigenvalue weighted by atomic mass is 10.1. The quantitative estimate of drug-likeness (QED) is 0.502. The molecular weight excluding hydrogens is 380 g/mol. The van der Waals surface area contributed by atoms with Crippen molar-refractivity contribution in [3.05, 3.63) is 78.0 Å². The highest BCUT2D eigenvalue weighted by Crippen LogP contribution is 2.24. The standard InChI is InChI=1S/C27H34N4/c1-22-9-8-12-26(23(22)2)31-19-17-30(18-20-31)16-7-6-14-28-27-21-25(13-15-29-27)24-10-4-3-5-11-24/h3-5,8-13,15,21H,6-7,14,16-20H2,1-2H3,(H,28,29). The summed E-state index contributed by atoms with van der Waals surface area (Å²) in [6.07, 6.45) is 4.27. The first-order valence-electron chi connectivity index (χ1n) is 11.5. The molecule has 2 heterocycles. The Morgan fingerprint density at radius 3 is 2.45 bits per heavy atom. The molecule has 0 unspecified atom stereocenters. The van der Waals surface area contributed by atoms with Gasteiger partial charge in [-0.05, 0) is 73.7 Å². The van der Waals surface area contributed by atoms with E-state index in [4.69, 9.17) is 0 Å². The summed E-state index contributed by atoms with van der Waals surface area (Å²) in [5, 5.41) is 3.49. The second-order valence-corrected chi connectivity index (χ2v) is 8.48. The predicted octanol–water partition coefficient (Wildman–Crippen LogP) is 5.38. The van der Waals surface area contributed by atoms with Gasteiger partial charge in [-0.25, -0.2) is 4.98 Å². The summed E-state index contributed by atoms with van der Waals surface area (Å²) in [5.41, 5.74) is 6.66. The molecule has 3 aromatic rings. The third-order valence-corrected chi connectivity index (χ3v) is 6.36. The fraction of sp³-hybridized carbons (Fsp3) is 0.370. The van der Waals surface area contributed by atoms with Crippen molar-refractivity contribution in [1.29, 1.82) is 0 Å². The van der Waals surface area contributed by atoms with Crippen molar-refractivity contribution < 1.29 is 0 Å². The zero-order valence-electron chi connectivity index (χ0n) is 18.8. The van der Waals surface area contributed by atoms with Gasteiger partial charge in [0.05, 0.1) is 0 Å². The van der Waals surface area contributed by atoms with Crippen molar-refractivity contribution >= 4 is 11.5 Å². The maximum atomic E-state index is 4.48. The number of anilines is 2. The zero-order valence-corrected chi connectivity index (χ0v) is 18.8. The molecule has 1 aliphatic rings. The van der Waals surface area contributed by atoms with E-state index in [1.807, 2.05) is 12.3 Å². The number of hydrogen-bond acceptors (Lipinski definition) is 4. The molecule has 0 amide bonds. The average Bonchev–Trinajstić information content (AvgIpc) is 2.82. The summed E-state index contributed by atoms with van der Waals surface area (Å²) in [5.74, 6) is 0.962. The van der Waals surface area contributed by atoms with Crippen LogP contribution in [-0.2, 0) is 0 Å². The van der Waals surface area contributed by atoms with Crippen LogP contribution in [0, 0.1) is 13.8 Å². The molecule has 31 heavy (non-hydrogen) atoms. The Labute approximate surface area is 186 Å². The number of nitrogens with one attached hydrogen (secondary N) is 1. The largest absolute Gasteiger partial charge is 0.370 e. The van der Waals surface area contributed by atoms with E-state index in [9.17, 15) is 0 Å². The summed E-state index contributed by atoms with van der Waals surface area (Å²) in [6, 6.07) is 21.3. The van der Waals surface area contributed by atoms with Gasteiger partial charge < -0.3 is 10.2 Å². The number of aromatic nitrogens is 1. The molecule has 1 fully saturated rings. The molecule has 2 aromatic carbocycles. The number of aryl methyl sites for hydroxylation is 1. The van der Waals surface area contributed by atoms with Crippen molar-refractivity contribution in [2.45, 2.75) is 26.7 Å². The molecule has 162 valence electrons. The lowest BCUT2D eigenvalue weighted by Crippen LogP contribution is -2.46. The first-order chi connectivity index (χ1) is 15.2. The van der Waals surface area contributed by atoms with Gasteiger partial charge in [0.25, 0.3) is 0 Å². The highest BCUT2D eigenvalue weighted by Gasteiger charge is 2.18. The fourth-order valence-electron chi connectivity index (χ4n) is 4.30. The normalized spacial score (nSPS) is 14.6. The van der Waals surface area contributed by atoms with Gasteiger partial charge in [0.1, 0.15) is 5.82 Å². The molecule has 0 bridgehead atoms. The summed E-state index contributed by atoms with van der Waals surface area (Å²) in [7, 11) is 0. The Morgan fingerprint density at radius 2 is 1.65 bits per heavy atom. The van der Waals surface area contributed by atoms with Crippen LogP contribution in [-0.4, -0.2) is 49.2 Å². The van der Waals surface area contributed by atoms with Crippen molar-refractivity contribution in [2.75, 3.05) is 49.5 Å². The minimum atomic E-state index is 0.962. The number of benzene rings is 2. The molecule has 1 aromatic heterocycles. The van der Waals surface area contributed by atoms with Gasteiger partial charge in [0.2, 0.25) is 0 Å². The minimum absolute atomic E-state index is 0.962. The van der Waals surface area contributed by atoms with Crippen LogP contribution in [0.25, 0.3) is 11.1 Å². The average molecular weight is 415 g/mol. The van der Waals surface area contributed by atoms with Crippen molar-refractivity contribution in [3.63, 3.8) is 0 Å². The van der Waals surface area contributed by atoms with E-state index in [2.05, 4.69) is 88.5 Å². The van der Waals surface area contributed by atoms with E-state index in [0.29, 0.717) is 0 Å². The number of pyridine rings is 1. The minimum Gasteiger partial charge on any atom is -0.370 e. The number of nitrogens with zero attached hydrogens (tertiary/aromatic N) is 3. The second-order valence-electron chi connectivity index (χ2n) is 8.48. The predicted molar refractivity (Wildman–Crippen MR) is 132 cm³/mol. The van der Waals surface area contributed by atoms with E-state index in [-0.39, 0.29) is 0 Å². The molecule has 1 N–H and O–H groups in total. The van der Waals surface area contributed by atoms with Gasteiger partial charge in [0.15, 0.2) is 0 Å². The smallest absolute Gasteiger partial charge is 0.126 e. The van der Waals surface area contributed by atoms with Crippen molar-refractivity contribution in [1.82, 2.24) is 9.88 Å². The van der Waals surface area contributed by atoms with E-state index in [1.54, 1.807) is 0 Å². The zero-order chi connectivity index (χ0) is 21.5. The summed E-state index contributed by atoms with van der Waals surface area (Å²) in [6.45, 7) is 11.2. The Bertz CT molecular complexity index is 962. The first kappa shape index (κ1) is 21.4. The van der Waals surface area contributed by atoms with E-state index < -0.39 is 0 Å². The van der Waals surface area contributed by atoms with Gasteiger partial charge in [-0.1, -0.05) is 42.5 Å². The molecule has 0 spiro atoms. The van der Waals surface area contributed by atoms with Crippen LogP contribution >= 0.6 is 0 Å². The molecule has 1 saturated heterocycles.